The number of hydrogen-bond donors (Lipinski definition) is 0. The highest BCUT2D eigenvalue weighted by molar-refractivity contribution is 5.76. The zero-order valence-corrected chi connectivity index (χ0v) is 12.6. The summed E-state index contributed by atoms with van der Waals surface area (Å²) in [5.41, 5.74) is 0.881. The van der Waals surface area contributed by atoms with Gasteiger partial charge in [-0.3, -0.25) is 4.79 Å². The van der Waals surface area contributed by atoms with Gasteiger partial charge in [0, 0.05) is 19.0 Å². The number of hydrogen-bond acceptors (Lipinski definition) is 4. The van der Waals surface area contributed by atoms with Crippen molar-refractivity contribution in [2.45, 2.75) is 25.8 Å². The first-order valence-electron chi connectivity index (χ1n) is 7.51. The molecular formula is C17H19N3O2. The summed E-state index contributed by atoms with van der Waals surface area (Å²) in [6, 6.07) is 9.61. The Morgan fingerprint density at radius 3 is 2.86 bits per heavy atom. The molecule has 1 aliphatic rings. The van der Waals surface area contributed by atoms with Gasteiger partial charge in [0.05, 0.1) is 6.54 Å². The monoisotopic (exact) mass is 297 g/mol. The van der Waals surface area contributed by atoms with Crippen molar-refractivity contribution in [2.75, 3.05) is 7.05 Å². The minimum absolute atomic E-state index is 0.107. The summed E-state index contributed by atoms with van der Waals surface area (Å²) in [6.45, 7) is 0.342. The Hall–Kier alpha value is -2.43. The van der Waals surface area contributed by atoms with Gasteiger partial charge in [0.15, 0.2) is 0 Å². The van der Waals surface area contributed by atoms with E-state index in [1.807, 2.05) is 30.3 Å². The quantitative estimate of drug-likeness (QED) is 0.796. The highest BCUT2D eigenvalue weighted by Crippen LogP contribution is 2.22. The van der Waals surface area contributed by atoms with Gasteiger partial charge in [-0.15, -0.1) is 10.2 Å². The first-order valence-corrected chi connectivity index (χ1v) is 7.51. The van der Waals surface area contributed by atoms with Gasteiger partial charge in [-0.05, 0) is 30.9 Å². The van der Waals surface area contributed by atoms with E-state index in [-0.39, 0.29) is 5.91 Å². The third-order valence-corrected chi connectivity index (χ3v) is 3.83. The Bertz CT molecular complexity index is 664. The molecule has 0 saturated heterocycles. The van der Waals surface area contributed by atoms with Gasteiger partial charge in [-0.1, -0.05) is 30.4 Å². The predicted molar refractivity (Wildman–Crippen MR) is 82.7 cm³/mol. The molecule has 114 valence electrons. The van der Waals surface area contributed by atoms with Crippen molar-refractivity contribution in [3.05, 3.63) is 48.4 Å². The molecule has 1 heterocycles. The van der Waals surface area contributed by atoms with Crippen molar-refractivity contribution in [3.8, 4) is 11.5 Å². The second-order valence-electron chi connectivity index (χ2n) is 5.59. The number of nitrogens with zero attached hydrogens (tertiary/aromatic N) is 3. The number of aromatic nitrogens is 2. The lowest BCUT2D eigenvalue weighted by Gasteiger charge is -2.16. The van der Waals surface area contributed by atoms with Crippen molar-refractivity contribution < 1.29 is 9.21 Å². The summed E-state index contributed by atoms with van der Waals surface area (Å²) >= 11 is 0. The molecule has 3 rings (SSSR count). The molecule has 0 fully saturated rings. The highest BCUT2D eigenvalue weighted by atomic mass is 16.4. The predicted octanol–water partition coefficient (Wildman–Crippen LogP) is 3.05. The average molecular weight is 297 g/mol. The van der Waals surface area contributed by atoms with Crippen molar-refractivity contribution in [1.29, 1.82) is 0 Å². The van der Waals surface area contributed by atoms with Crippen LogP contribution in [-0.4, -0.2) is 28.1 Å². The Morgan fingerprint density at radius 1 is 1.32 bits per heavy atom. The highest BCUT2D eigenvalue weighted by Gasteiger charge is 2.19. The van der Waals surface area contributed by atoms with Gasteiger partial charge in [-0.25, -0.2) is 0 Å². The first kappa shape index (κ1) is 14.5. The van der Waals surface area contributed by atoms with Crippen LogP contribution in [0.5, 0.6) is 0 Å². The van der Waals surface area contributed by atoms with E-state index in [0.717, 1.165) is 18.4 Å². The largest absolute Gasteiger partial charge is 0.419 e. The van der Waals surface area contributed by atoms with Gasteiger partial charge >= 0.3 is 0 Å². The van der Waals surface area contributed by atoms with E-state index in [9.17, 15) is 4.79 Å². The molecule has 0 unspecified atom stereocenters. The summed E-state index contributed by atoms with van der Waals surface area (Å²) in [4.78, 5) is 13.8. The lowest BCUT2D eigenvalue weighted by Crippen LogP contribution is -2.27. The minimum atomic E-state index is 0.107. The Labute approximate surface area is 129 Å². The second-order valence-corrected chi connectivity index (χ2v) is 5.59. The maximum Gasteiger partial charge on any atom is 0.247 e. The molecular weight excluding hydrogens is 278 g/mol. The molecule has 1 amide bonds. The van der Waals surface area contributed by atoms with Crippen LogP contribution in [0.1, 0.15) is 25.2 Å². The zero-order valence-electron chi connectivity index (χ0n) is 12.6. The van der Waals surface area contributed by atoms with Crippen molar-refractivity contribution >= 4 is 5.91 Å². The van der Waals surface area contributed by atoms with Gasteiger partial charge in [0.1, 0.15) is 0 Å². The van der Waals surface area contributed by atoms with E-state index in [1.165, 1.54) is 0 Å². The number of carbonyl (C=O) groups excluding carboxylic acids is 1. The van der Waals surface area contributed by atoms with Gasteiger partial charge in [-0.2, -0.15) is 0 Å². The average Bonchev–Trinajstić information content (AvgIpc) is 3.20. The molecule has 5 heteroatoms. The topological polar surface area (TPSA) is 59.2 Å². The number of amides is 1. The van der Waals surface area contributed by atoms with Crippen LogP contribution in [0.4, 0.5) is 0 Å². The fourth-order valence-corrected chi connectivity index (χ4v) is 2.55. The number of allylic oxidation sites excluding steroid dienone is 2. The third kappa shape index (κ3) is 3.42. The van der Waals surface area contributed by atoms with E-state index < -0.39 is 0 Å². The number of rotatable bonds is 5. The lowest BCUT2D eigenvalue weighted by atomic mass is 10.0. The Balaban J connectivity index is 1.59. The fourth-order valence-electron chi connectivity index (χ4n) is 2.55. The molecule has 0 saturated carbocycles. The molecule has 1 atom stereocenters. The number of carbonyl (C=O) groups is 1. The van der Waals surface area contributed by atoms with E-state index in [2.05, 4.69) is 22.3 Å². The summed E-state index contributed by atoms with van der Waals surface area (Å²) < 4.78 is 5.63. The third-order valence-electron chi connectivity index (χ3n) is 3.83. The summed E-state index contributed by atoms with van der Waals surface area (Å²) in [6.07, 6.45) is 6.96. The van der Waals surface area contributed by atoms with Crippen LogP contribution in [0.25, 0.3) is 11.5 Å². The standard InChI is InChI=1S/C17H19N3O2/c1-20(16(21)11-13-7-5-6-8-13)12-15-18-19-17(22-15)14-9-3-2-4-10-14/h2-5,7,9-10,13H,6,8,11-12H2,1H3/t13-/m1/s1. The zero-order chi connectivity index (χ0) is 15.4. The molecule has 1 aliphatic carbocycles. The molecule has 0 aliphatic heterocycles. The smallest absolute Gasteiger partial charge is 0.247 e. The van der Waals surface area contributed by atoms with Crippen LogP contribution in [0.15, 0.2) is 46.9 Å². The summed E-state index contributed by atoms with van der Waals surface area (Å²) in [5, 5.41) is 8.06. The second kappa shape index (κ2) is 6.56. The molecule has 2 aromatic rings. The molecule has 0 radical (unpaired) electrons. The van der Waals surface area contributed by atoms with Crippen LogP contribution < -0.4 is 0 Å². The van der Waals surface area contributed by atoms with Crippen LogP contribution in [0.2, 0.25) is 0 Å². The van der Waals surface area contributed by atoms with Gasteiger partial charge < -0.3 is 9.32 Å². The van der Waals surface area contributed by atoms with E-state index >= 15 is 0 Å². The first-order chi connectivity index (χ1) is 10.7. The summed E-state index contributed by atoms with van der Waals surface area (Å²) in [7, 11) is 1.77. The molecule has 0 bridgehead atoms. The van der Waals surface area contributed by atoms with Crippen molar-refractivity contribution in [1.82, 2.24) is 15.1 Å². The van der Waals surface area contributed by atoms with Crippen molar-refractivity contribution in [3.63, 3.8) is 0 Å². The van der Waals surface area contributed by atoms with E-state index in [0.29, 0.717) is 30.7 Å². The van der Waals surface area contributed by atoms with Gasteiger partial charge in [0.25, 0.3) is 0 Å². The molecule has 5 nitrogen and oxygen atoms in total. The summed E-state index contributed by atoms with van der Waals surface area (Å²) in [5.74, 6) is 1.42. The molecule has 0 N–H and O–H groups in total. The van der Waals surface area contributed by atoms with E-state index in [4.69, 9.17) is 4.42 Å². The van der Waals surface area contributed by atoms with Crippen molar-refractivity contribution in [2.24, 2.45) is 5.92 Å². The SMILES string of the molecule is CN(Cc1nnc(-c2ccccc2)o1)C(=O)C[C@@H]1C=CCC1. The Morgan fingerprint density at radius 2 is 2.14 bits per heavy atom. The fraction of sp³-hybridized carbons (Fsp3) is 0.353. The van der Waals surface area contributed by atoms with Crippen LogP contribution in [0.3, 0.4) is 0 Å². The molecule has 1 aromatic heterocycles. The van der Waals surface area contributed by atoms with E-state index in [1.54, 1.807) is 11.9 Å². The number of benzene rings is 1. The lowest BCUT2D eigenvalue weighted by molar-refractivity contribution is -0.131. The molecule has 22 heavy (non-hydrogen) atoms. The molecule has 0 spiro atoms. The molecule has 1 aromatic carbocycles. The maximum absolute atomic E-state index is 12.2. The van der Waals surface area contributed by atoms with Crippen LogP contribution in [-0.2, 0) is 11.3 Å². The minimum Gasteiger partial charge on any atom is -0.419 e. The normalized spacial score (nSPS) is 16.9. The van der Waals surface area contributed by atoms with Crippen LogP contribution in [0, 0.1) is 5.92 Å². The van der Waals surface area contributed by atoms with Crippen LogP contribution >= 0.6 is 0 Å². The van der Waals surface area contributed by atoms with Gasteiger partial charge in [0.2, 0.25) is 17.7 Å². The maximum atomic E-state index is 12.2. The Kier molecular flexibility index (Phi) is 4.32.